The zero-order valence-corrected chi connectivity index (χ0v) is 10.7. The summed E-state index contributed by atoms with van der Waals surface area (Å²) in [7, 11) is -2.12. The summed E-state index contributed by atoms with van der Waals surface area (Å²) in [6, 6.07) is 4.31. The Labute approximate surface area is 101 Å². The van der Waals surface area contributed by atoms with Gasteiger partial charge < -0.3 is 10.5 Å². The first kappa shape index (κ1) is 13.5. The van der Waals surface area contributed by atoms with E-state index in [9.17, 15) is 8.42 Å². The van der Waals surface area contributed by atoms with Gasteiger partial charge in [-0.1, -0.05) is 12.2 Å². The zero-order valence-electron chi connectivity index (χ0n) is 9.86. The van der Waals surface area contributed by atoms with Gasteiger partial charge in [-0.05, 0) is 19.1 Å². The molecule has 0 saturated carbocycles. The van der Waals surface area contributed by atoms with Crippen LogP contribution >= 0.6 is 0 Å². The van der Waals surface area contributed by atoms with Gasteiger partial charge in [0.25, 0.3) is 0 Å². The first-order chi connectivity index (χ1) is 7.86. The Balaban J connectivity index is 3.03. The van der Waals surface area contributed by atoms with Crippen LogP contribution in [0.5, 0.6) is 5.75 Å². The molecule has 1 rings (SSSR count). The van der Waals surface area contributed by atoms with Crippen molar-refractivity contribution in [3.05, 3.63) is 30.4 Å². The first-order valence-corrected chi connectivity index (χ1v) is 6.42. The normalized spacial score (nSPS) is 11.2. The lowest BCUT2D eigenvalue weighted by molar-refractivity contribution is 0.415. The van der Waals surface area contributed by atoms with Gasteiger partial charge in [0.1, 0.15) is 5.75 Å². The van der Waals surface area contributed by atoms with Crippen LogP contribution in [-0.4, -0.2) is 22.1 Å². The van der Waals surface area contributed by atoms with Crippen molar-refractivity contribution in [3.8, 4) is 5.75 Å². The highest BCUT2D eigenvalue weighted by atomic mass is 32.2. The van der Waals surface area contributed by atoms with Crippen LogP contribution in [0.4, 0.5) is 5.69 Å². The third kappa shape index (κ3) is 3.47. The highest BCUT2D eigenvalue weighted by molar-refractivity contribution is 7.89. The second-order valence-electron chi connectivity index (χ2n) is 3.69. The molecule has 3 N–H and O–H groups in total. The molecule has 5 nitrogen and oxygen atoms in total. The van der Waals surface area contributed by atoms with E-state index < -0.39 is 10.0 Å². The number of ether oxygens (including phenoxy) is 1. The molecule has 0 aromatic heterocycles. The number of hydrogen-bond acceptors (Lipinski definition) is 4. The minimum Gasteiger partial charge on any atom is -0.495 e. The van der Waals surface area contributed by atoms with Gasteiger partial charge >= 0.3 is 0 Å². The van der Waals surface area contributed by atoms with E-state index in [2.05, 4.69) is 11.3 Å². The molecule has 1 aromatic rings. The van der Waals surface area contributed by atoms with E-state index in [1.807, 2.05) is 0 Å². The molecule has 0 bridgehead atoms. The fourth-order valence-corrected chi connectivity index (χ4v) is 2.27. The summed E-state index contributed by atoms with van der Waals surface area (Å²) in [6.07, 6.45) is 0. The molecule has 17 heavy (non-hydrogen) atoms. The quantitative estimate of drug-likeness (QED) is 0.611. The average Bonchev–Trinajstić information content (AvgIpc) is 2.27. The van der Waals surface area contributed by atoms with Gasteiger partial charge in [-0.3, -0.25) is 0 Å². The predicted octanol–water partition coefficient (Wildman–Crippen LogP) is 1.13. The number of anilines is 1. The Morgan fingerprint density at radius 2 is 2.18 bits per heavy atom. The van der Waals surface area contributed by atoms with Crippen molar-refractivity contribution in [1.82, 2.24) is 4.72 Å². The maximum atomic E-state index is 11.9. The smallest absolute Gasteiger partial charge is 0.240 e. The van der Waals surface area contributed by atoms with Crippen molar-refractivity contribution >= 4 is 15.7 Å². The van der Waals surface area contributed by atoms with E-state index >= 15 is 0 Å². The lowest BCUT2D eigenvalue weighted by Crippen LogP contribution is -2.25. The number of benzene rings is 1. The third-order valence-corrected chi connectivity index (χ3v) is 3.48. The van der Waals surface area contributed by atoms with Crippen molar-refractivity contribution in [3.63, 3.8) is 0 Å². The summed E-state index contributed by atoms with van der Waals surface area (Å²) in [4.78, 5) is 0.116. The number of rotatable bonds is 5. The van der Waals surface area contributed by atoms with Crippen LogP contribution in [0.1, 0.15) is 6.92 Å². The topological polar surface area (TPSA) is 81.4 Å². The number of sulfonamides is 1. The standard InChI is InChI=1S/C11H16N2O3S/c1-8(2)7-13-17(14,15)9-4-5-10(12)11(6-9)16-3/h4-6,13H,1,7,12H2,2-3H3. The van der Waals surface area contributed by atoms with E-state index in [0.717, 1.165) is 5.57 Å². The summed E-state index contributed by atoms with van der Waals surface area (Å²) in [5.74, 6) is 0.336. The van der Waals surface area contributed by atoms with Crippen LogP contribution < -0.4 is 15.2 Å². The molecular formula is C11H16N2O3S. The van der Waals surface area contributed by atoms with Crippen molar-refractivity contribution in [2.24, 2.45) is 0 Å². The molecule has 0 amide bonds. The molecule has 0 aliphatic carbocycles. The minimum absolute atomic E-state index is 0.116. The molecule has 0 unspecified atom stereocenters. The monoisotopic (exact) mass is 256 g/mol. The highest BCUT2D eigenvalue weighted by Gasteiger charge is 2.15. The Kier molecular flexibility index (Phi) is 4.14. The van der Waals surface area contributed by atoms with Gasteiger partial charge in [-0.15, -0.1) is 0 Å². The second kappa shape index (κ2) is 5.20. The lowest BCUT2D eigenvalue weighted by atomic mass is 10.3. The van der Waals surface area contributed by atoms with Crippen molar-refractivity contribution < 1.29 is 13.2 Å². The largest absolute Gasteiger partial charge is 0.495 e. The second-order valence-corrected chi connectivity index (χ2v) is 5.45. The highest BCUT2D eigenvalue weighted by Crippen LogP contribution is 2.24. The van der Waals surface area contributed by atoms with Crippen LogP contribution in [-0.2, 0) is 10.0 Å². The molecule has 0 spiro atoms. The fraction of sp³-hybridized carbons (Fsp3) is 0.273. The maximum absolute atomic E-state index is 11.9. The molecule has 0 saturated heterocycles. The number of hydrogen-bond donors (Lipinski definition) is 2. The minimum atomic E-state index is -3.55. The van der Waals surface area contributed by atoms with Crippen LogP contribution in [0.2, 0.25) is 0 Å². The van der Waals surface area contributed by atoms with Crippen molar-refractivity contribution in [2.75, 3.05) is 19.4 Å². The molecule has 0 aliphatic rings. The van der Waals surface area contributed by atoms with Gasteiger partial charge in [0.2, 0.25) is 10.0 Å². The van der Waals surface area contributed by atoms with Crippen LogP contribution in [0.25, 0.3) is 0 Å². The van der Waals surface area contributed by atoms with E-state index in [4.69, 9.17) is 10.5 Å². The Morgan fingerprint density at radius 1 is 1.53 bits per heavy atom. The molecule has 0 radical (unpaired) electrons. The van der Waals surface area contributed by atoms with Crippen LogP contribution in [0, 0.1) is 0 Å². The van der Waals surface area contributed by atoms with Crippen LogP contribution in [0.15, 0.2) is 35.2 Å². The Morgan fingerprint density at radius 3 is 2.71 bits per heavy atom. The summed E-state index contributed by atoms with van der Waals surface area (Å²) in [6.45, 7) is 5.57. The van der Waals surface area contributed by atoms with Gasteiger partial charge in [-0.2, -0.15) is 0 Å². The molecule has 0 aliphatic heterocycles. The maximum Gasteiger partial charge on any atom is 0.240 e. The summed E-state index contributed by atoms with van der Waals surface area (Å²) in [5, 5.41) is 0. The third-order valence-electron chi connectivity index (χ3n) is 2.08. The molecule has 94 valence electrons. The fourth-order valence-electron chi connectivity index (χ4n) is 1.16. The van der Waals surface area contributed by atoms with Gasteiger partial charge in [-0.25, -0.2) is 13.1 Å². The predicted molar refractivity (Wildman–Crippen MR) is 67.4 cm³/mol. The van der Waals surface area contributed by atoms with Crippen molar-refractivity contribution in [2.45, 2.75) is 11.8 Å². The van der Waals surface area contributed by atoms with Gasteiger partial charge in [0.05, 0.1) is 17.7 Å². The number of nitrogen functional groups attached to an aromatic ring is 1. The molecular weight excluding hydrogens is 240 g/mol. The molecule has 0 heterocycles. The number of methoxy groups -OCH3 is 1. The summed E-state index contributed by atoms with van der Waals surface area (Å²) >= 11 is 0. The summed E-state index contributed by atoms with van der Waals surface area (Å²) in [5.41, 5.74) is 6.74. The molecule has 0 atom stereocenters. The van der Waals surface area contributed by atoms with Gasteiger partial charge in [0.15, 0.2) is 0 Å². The first-order valence-electron chi connectivity index (χ1n) is 4.94. The van der Waals surface area contributed by atoms with E-state index in [-0.39, 0.29) is 11.4 Å². The van der Waals surface area contributed by atoms with Gasteiger partial charge in [0, 0.05) is 12.6 Å². The zero-order chi connectivity index (χ0) is 13.1. The van der Waals surface area contributed by atoms with E-state index in [1.54, 1.807) is 6.92 Å². The van der Waals surface area contributed by atoms with E-state index in [1.165, 1.54) is 25.3 Å². The molecule has 6 heteroatoms. The molecule has 0 fully saturated rings. The Hall–Kier alpha value is -1.53. The lowest BCUT2D eigenvalue weighted by Gasteiger charge is -2.09. The van der Waals surface area contributed by atoms with E-state index in [0.29, 0.717) is 11.4 Å². The number of nitrogens with one attached hydrogen (secondary N) is 1. The SMILES string of the molecule is C=C(C)CNS(=O)(=O)c1ccc(N)c(OC)c1. The van der Waals surface area contributed by atoms with Crippen LogP contribution in [0.3, 0.4) is 0 Å². The van der Waals surface area contributed by atoms with Crippen molar-refractivity contribution in [1.29, 1.82) is 0 Å². The average molecular weight is 256 g/mol. The molecule has 1 aromatic carbocycles. The number of nitrogens with two attached hydrogens (primary N) is 1. The Bertz CT molecular complexity index is 524. The summed E-state index contributed by atoms with van der Waals surface area (Å²) < 4.78 is 31.1.